The van der Waals surface area contributed by atoms with Crippen LogP contribution < -0.4 is 0 Å². The minimum absolute atomic E-state index is 0.214. The fraction of sp³-hybridized carbons (Fsp3) is 0.250. The van der Waals surface area contributed by atoms with Crippen LogP contribution in [0.25, 0.3) is 27.9 Å². The molecule has 0 saturated heterocycles. The largest absolute Gasteiger partial charge is 0.462 e. The molecule has 2 unspecified atom stereocenters. The first kappa shape index (κ1) is 22.8. The highest BCUT2D eigenvalue weighted by molar-refractivity contribution is 5.87. The average Bonchev–Trinajstić information content (AvgIpc) is 3.17. The lowest BCUT2D eigenvalue weighted by molar-refractivity contribution is -0.174. The number of carbonyl (C=O) groups excluding carboxylic acids is 3. The van der Waals surface area contributed by atoms with E-state index in [1.165, 1.54) is 20.8 Å². The molecule has 0 aliphatic rings. The van der Waals surface area contributed by atoms with Crippen molar-refractivity contribution in [3.63, 3.8) is 0 Å². The molecule has 10 heteroatoms. The molecule has 2 heterocycles. The van der Waals surface area contributed by atoms with Crippen LogP contribution >= 0.6 is 0 Å². The first-order valence-electron chi connectivity index (χ1n) is 10.5. The third-order valence-electron chi connectivity index (χ3n) is 4.87. The molecule has 0 saturated carbocycles. The Morgan fingerprint density at radius 1 is 0.824 bits per heavy atom. The minimum Gasteiger partial charge on any atom is -0.462 e. The van der Waals surface area contributed by atoms with Crippen molar-refractivity contribution >= 4 is 40.1 Å². The Balaban J connectivity index is 1.95. The number of esters is 3. The maximum absolute atomic E-state index is 12.0. The van der Waals surface area contributed by atoms with Crippen LogP contribution in [-0.2, 0) is 28.6 Å². The molecule has 0 amide bonds. The Morgan fingerprint density at radius 2 is 1.44 bits per heavy atom. The fourth-order valence-electron chi connectivity index (χ4n) is 3.54. The number of para-hydroxylation sites is 3. The fourth-order valence-corrected chi connectivity index (χ4v) is 3.54. The quantitative estimate of drug-likeness (QED) is 0.301. The lowest BCUT2D eigenvalue weighted by Crippen LogP contribution is -2.33. The smallest absolute Gasteiger partial charge is 0.303 e. The molecule has 2 aromatic carbocycles. The Kier molecular flexibility index (Phi) is 6.48. The van der Waals surface area contributed by atoms with E-state index in [-0.39, 0.29) is 12.3 Å². The maximum atomic E-state index is 12.0. The molecule has 0 aliphatic heterocycles. The topological polar surface area (TPSA) is 122 Å². The summed E-state index contributed by atoms with van der Waals surface area (Å²) in [6.45, 7) is 3.32. The zero-order valence-electron chi connectivity index (χ0n) is 18.8. The van der Waals surface area contributed by atoms with Crippen molar-refractivity contribution in [2.24, 2.45) is 0 Å². The molecule has 0 fully saturated rings. The number of carbonyl (C=O) groups is 3. The van der Waals surface area contributed by atoms with Gasteiger partial charge in [0, 0.05) is 20.8 Å². The molecule has 34 heavy (non-hydrogen) atoms. The summed E-state index contributed by atoms with van der Waals surface area (Å²) in [5.74, 6) is -1.86. The van der Waals surface area contributed by atoms with Crippen LogP contribution in [0.3, 0.4) is 0 Å². The zero-order valence-corrected chi connectivity index (χ0v) is 18.8. The molecule has 10 nitrogen and oxygen atoms in total. The summed E-state index contributed by atoms with van der Waals surface area (Å²) in [4.78, 5) is 44.8. The molecule has 2 atom stereocenters. The van der Waals surface area contributed by atoms with E-state index in [2.05, 4.69) is 5.10 Å². The number of nitrogens with zero attached hydrogens (tertiary/aromatic N) is 4. The van der Waals surface area contributed by atoms with Gasteiger partial charge in [0.2, 0.25) is 0 Å². The number of hydrogen-bond donors (Lipinski definition) is 0. The van der Waals surface area contributed by atoms with Crippen LogP contribution in [0.5, 0.6) is 0 Å². The second kappa shape index (κ2) is 9.65. The highest BCUT2D eigenvalue weighted by Crippen LogP contribution is 2.31. The summed E-state index contributed by atoms with van der Waals surface area (Å²) >= 11 is 0. The molecule has 0 N–H and O–H groups in total. The van der Waals surface area contributed by atoms with Gasteiger partial charge in [-0.25, -0.2) is 14.6 Å². The summed E-state index contributed by atoms with van der Waals surface area (Å²) in [7, 11) is 0. The zero-order chi connectivity index (χ0) is 24.2. The number of ether oxygens (including phenoxy) is 3. The number of benzene rings is 2. The van der Waals surface area contributed by atoms with Gasteiger partial charge >= 0.3 is 17.9 Å². The van der Waals surface area contributed by atoms with E-state index in [0.29, 0.717) is 27.9 Å². The highest BCUT2D eigenvalue weighted by Gasteiger charge is 2.35. The van der Waals surface area contributed by atoms with E-state index in [1.807, 2.05) is 48.5 Å². The minimum atomic E-state index is -1.20. The van der Waals surface area contributed by atoms with Gasteiger partial charge in [-0.1, -0.05) is 30.3 Å². The third-order valence-corrected chi connectivity index (χ3v) is 4.87. The highest BCUT2D eigenvalue weighted by atomic mass is 16.6. The van der Waals surface area contributed by atoms with Crippen molar-refractivity contribution in [1.82, 2.24) is 19.7 Å². The third kappa shape index (κ3) is 4.85. The predicted molar refractivity (Wildman–Crippen MR) is 121 cm³/mol. The van der Waals surface area contributed by atoms with Crippen LogP contribution in [-0.4, -0.2) is 50.4 Å². The lowest BCUT2D eigenvalue weighted by atomic mass is 10.1. The number of rotatable bonds is 7. The van der Waals surface area contributed by atoms with Crippen molar-refractivity contribution < 1.29 is 28.6 Å². The predicted octanol–water partition coefficient (Wildman–Crippen LogP) is 3.07. The Hall–Kier alpha value is -4.34. The van der Waals surface area contributed by atoms with Gasteiger partial charge < -0.3 is 14.2 Å². The first-order chi connectivity index (χ1) is 16.3. The van der Waals surface area contributed by atoms with Crippen molar-refractivity contribution in [1.29, 1.82) is 0 Å². The van der Waals surface area contributed by atoms with Crippen LogP contribution in [0.15, 0.2) is 54.6 Å². The normalized spacial score (nSPS) is 12.8. The maximum Gasteiger partial charge on any atom is 0.303 e. The standard InChI is InChI=1S/C24H22N4O6/c1-14(29)32-13-20(33-15(2)30)23(34-16(3)31)21-22-24(26-19-12-8-7-11-18(19)25-22)28(27-21)17-9-5-4-6-10-17/h4-12,20,23H,13H2,1-3H3. The van der Waals surface area contributed by atoms with Crippen LogP contribution in [0.2, 0.25) is 0 Å². The average molecular weight is 462 g/mol. The number of fused-ring (bicyclic) bond motifs is 2. The van der Waals surface area contributed by atoms with E-state index >= 15 is 0 Å². The summed E-state index contributed by atoms with van der Waals surface area (Å²) in [6.07, 6.45) is -2.36. The molecular formula is C24H22N4O6. The van der Waals surface area contributed by atoms with Gasteiger partial charge in [0.1, 0.15) is 17.8 Å². The van der Waals surface area contributed by atoms with E-state index < -0.39 is 30.1 Å². The first-order valence-corrected chi connectivity index (χ1v) is 10.5. The van der Waals surface area contributed by atoms with Crippen molar-refractivity contribution in [3.05, 3.63) is 60.3 Å². The van der Waals surface area contributed by atoms with E-state index in [4.69, 9.17) is 24.2 Å². The monoisotopic (exact) mass is 462 g/mol. The Labute approximate surface area is 194 Å². The second-order valence-corrected chi connectivity index (χ2v) is 7.50. The van der Waals surface area contributed by atoms with Crippen molar-refractivity contribution in [2.75, 3.05) is 6.61 Å². The van der Waals surface area contributed by atoms with Crippen molar-refractivity contribution in [3.8, 4) is 5.69 Å². The van der Waals surface area contributed by atoms with Gasteiger partial charge in [-0.05, 0) is 24.3 Å². The molecular weight excluding hydrogens is 440 g/mol. The molecule has 0 aliphatic carbocycles. The Morgan fingerprint density at radius 3 is 2.06 bits per heavy atom. The van der Waals surface area contributed by atoms with Crippen LogP contribution in [0.1, 0.15) is 32.6 Å². The van der Waals surface area contributed by atoms with Gasteiger partial charge in [0.25, 0.3) is 0 Å². The molecule has 2 aromatic heterocycles. The SMILES string of the molecule is CC(=O)OCC(OC(C)=O)C(OC(C)=O)c1nn(-c2ccccc2)c2nc3ccccc3nc12. The van der Waals surface area contributed by atoms with Crippen LogP contribution in [0.4, 0.5) is 0 Å². The molecule has 0 radical (unpaired) electrons. The number of aromatic nitrogens is 4. The lowest BCUT2D eigenvalue weighted by Gasteiger charge is -2.24. The van der Waals surface area contributed by atoms with Crippen molar-refractivity contribution in [2.45, 2.75) is 33.0 Å². The summed E-state index contributed by atoms with van der Waals surface area (Å²) in [6, 6.07) is 16.6. The van der Waals surface area contributed by atoms with Crippen LogP contribution in [0, 0.1) is 0 Å². The molecule has 0 bridgehead atoms. The molecule has 4 rings (SSSR count). The number of hydrogen-bond acceptors (Lipinski definition) is 9. The Bertz CT molecular complexity index is 1370. The van der Waals surface area contributed by atoms with Gasteiger partial charge in [-0.3, -0.25) is 14.4 Å². The molecule has 174 valence electrons. The summed E-state index contributed by atoms with van der Waals surface area (Å²) < 4.78 is 17.6. The van der Waals surface area contributed by atoms with Gasteiger partial charge in [0.15, 0.2) is 17.9 Å². The van der Waals surface area contributed by atoms with E-state index in [9.17, 15) is 14.4 Å². The second-order valence-electron chi connectivity index (χ2n) is 7.50. The van der Waals surface area contributed by atoms with Gasteiger partial charge in [-0.15, -0.1) is 0 Å². The van der Waals surface area contributed by atoms with Gasteiger partial charge in [-0.2, -0.15) is 5.10 Å². The van der Waals surface area contributed by atoms with Gasteiger partial charge in [0.05, 0.1) is 16.7 Å². The summed E-state index contributed by atoms with van der Waals surface area (Å²) in [5.41, 5.74) is 2.95. The van der Waals surface area contributed by atoms with E-state index in [1.54, 1.807) is 10.7 Å². The molecule has 0 spiro atoms. The molecule has 4 aromatic rings. The summed E-state index contributed by atoms with van der Waals surface area (Å²) in [5, 5.41) is 4.67. The van der Waals surface area contributed by atoms with E-state index in [0.717, 1.165) is 0 Å².